The van der Waals surface area contributed by atoms with Gasteiger partial charge in [0.25, 0.3) is 0 Å². The molecular weight excluding hydrogens is 256 g/mol. The van der Waals surface area contributed by atoms with Crippen LogP contribution >= 0.6 is 0 Å². The molecule has 0 aromatic heterocycles. The van der Waals surface area contributed by atoms with E-state index in [9.17, 15) is 14.7 Å². The summed E-state index contributed by atoms with van der Waals surface area (Å²) in [6.45, 7) is 0.719. The number of hydrogen-bond donors (Lipinski definition) is 3. The predicted octanol–water partition coefficient (Wildman–Crippen LogP) is 2.51. The average molecular weight is 282 g/mol. The number of carboxylic acid groups (broad SMARTS) is 1. The van der Waals surface area contributed by atoms with Gasteiger partial charge in [0, 0.05) is 12.6 Å². The molecule has 5 heteroatoms. The molecule has 0 heterocycles. The van der Waals surface area contributed by atoms with E-state index in [1.165, 1.54) is 25.7 Å². The second kappa shape index (κ2) is 7.50. The van der Waals surface area contributed by atoms with Crippen LogP contribution in [0.2, 0.25) is 0 Å². The largest absolute Gasteiger partial charge is 0.481 e. The molecule has 0 saturated heterocycles. The maximum atomic E-state index is 11.9. The Morgan fingerprint density at radius 1 is 0.950 bits per heavy atom. The summed E-state index contributed by atoms with van der Waals surface area (Å²) in [7, 11) is 0. The number of rotatable bonds is 4. The molecule has 5 nitrogen and oxygen atoms in total. The Hall–Kier alpha value is -1.26. The van der Waals surface area contributed by atoms with Crippen LogP contribution < -0.4 is 10.6 Å². The summed E-state index contributed by atoms with van der Waals surface area (Å²) in [5, 5.41) is 15.1. The van der Waals surface area contributed by atoms with E-state index in [-0.39, 0.29) is 12.1 Å². The molecule has 2 atom stereocenters. The predicted molar refractivity (Wildman–Crippen MR) is 76.5 cm³/mol. The Kier molecular flexibility index (Phi) is 5.68. The fraction of sp³-hybridized carbons (Fsp3) is 0.867. The van der Waals surface area contributed by atoms with Gasteiger partial charge in [-0.15, -0.1) is 0 Å². The summed E-state index contributed by atoms with van der Waals surface area (Å²) < 4.78 is 0. The van der Waals surface area contributed by atoms with Crippen LogP contribution in [0.1, 0.15) is 57.8 Å². The van der Waals surface area contributed by atoms with E-state index >= 15 is 0 Å². The summed E-state index contributed by atoms with van der Waals surface area (Å²) in [4.78, 5) is 23.2. The molecule has 114 valence electrons. The average Bonchev–Trinajstić information content (AvgIpc) is 2.82. The maximum Gasteiger partial charge on any atom is 0.315 e. The van der Waals surface area contributed by atoms with Crippen molar-refractivity contribution in [1.82, 2.24) is 10.6 Å². The summed E-state index contributed by atoms with van der Waals surface area (Å²) >= 11 is 0. The monoisotopic (exact) mass is 282 g/mol. The minimum Gasteiger partial charge on any atom is -0.481 e. The number of carbonyl (C=O) groups excluding carboxylic acids is 1. The van der Waals surface area contributed by atoms with Crippen LogP contribution in [-0.2, 0) is 4.79 Å². The number of hydrogen-bond acceptors (Lipinski definition) is 2. The molecule has 2 saturated carbocycles. The minimum atomic E-state index is -0.784. The second-order valence-electron chi connectivity index (χ2n) is 6.19. The normalized spacial score (nSPS) is 27.8. The first-order valence-corrected chi connectivity index (χ1v) is 7.94. The number of urea groups is 1. The fourth-order valence-corrected chi connectivity index (χ4v) is 3.45. The Morgan fingerprint density at radius 3 is 2.30 bits per heavy atom. The molecule has 0 aromatic carbocycles. The van der Waals surface area contributed by atoms with Crippen LogP contribution in [0.5, 0.6) is 0 Å². The van der Waals surface area contributed by atoms with Crippen molar-refractivity contribution < 1.29 is 14.7 Å². The maximum absolute atomic E-state index is 11.9. The van der Waals surface area contributed by atoms with Gasteiger partial charge in [-0.2, -0.15) is 0 Å². The van der Waals surface area contributed by atoms with Crippen molar-refractivity contribution in [2.45, 2.75) is 63.8 Å². The SMILES string of the molecule is O=C(NCC1CCCC1)NC1CCCCCC1C(=O)O. The third kappa shape index (κ3) is 4.39. The molecule has 0 aromatic rings. The van der Waals surface area contributed by atoms with E-state index in [0.717, 1.165) is 32.2 Å². The Balaban J connectivity index is 1.79. The topological polar surface area (TPSA) is 78.4 Å². The number of carbonyl (C=O) groups is 2. The van der Waals surface area contributed by atoms with Crippen LogP contribution in [0.25, 0.3) is 0 Å². The number of amides is 2. The highest BCUT2D eigenvalue weighted by Gasteiger charge is 2.30. The fourth-order valence-electron chi connectivity index (χ4n) is 3.45. The highest BCUT2D eigenvalue weighted by atomic mass is 16.4. The van der Waals surface area contributed by atoms with Gasteiger partial charge in [0.05, 0.1) is 5.92 Å². The van der Waals surface area contributed by atoms with E-state index in [0.29, 0.717) is 12.3 Å². The first kappa shape index (κ1) is 15.1. The molecule has 2 unspecified atom stereocenters. The summed E-state index contributed by atoms with van der Waals surface area (Å²) in [5.74, 6) is -0.618. The first-order chi connectivity index (χ1) is 9.66. The van der Waals surface area contributed by atoms with E-state index < -0.39 is 11.9 Å². The molecule has 20 heavy (non-hydrogen) atoms. The summed E-state index contributed by atoms with van der Waals surface area (Å²) in [6, 6.07) is -0.423. The second-order valence-corrected chi connectivity index (χ2v) is 6.19. The number of carboxylic acids is 1. The van der Waals surface area contributed by atoms with Gasteiger partial charge in [-0.05, 0) is 31.6 Å². The van der Waals surface area contributed by atoms with Crippen LogP contribution in [-0.4, -0.2) is 29.7 Å². The van der Waals surface area contributed by atoms with E-state index in [1.807, 2.05) is 0 Å². The number of aliphatic carboxylic acids is 1. The van der Waals surface area contributed by atoms with Gasteiger partial charge >= 0.3 is 12.0 Å². The van der Waals surface area contributed by atoms with Gasteiger partial charge in [-0.3, -0.25) is 4.79 Å². The van der Waals surface area contributed by atoms with Crippen LogP contribution in [0.15, 0.2) is 0 Å². The van der Waals surface area contributed by atoms with Gasteiger partial charge in [0.2, 0.25) is 0 Å². The van der Waals surface area contributed by atoms with E-state index in [4.69, 9.17) is 0 Å². The molecule has 2 amide bonds. The zero-order chi connectivity index (χ0) is 14.4. The van der Waals surface area contributed by atoms with Crippen molar-refractivity contribution in [3.05, 3.63) is 0 Å². The highest BCUT2D eigenvalue weighted by Crippen LogP contribution is 2.25. The summed E-state index contributed by atoms with van der Waals surface area (Å²) in [6.07, 6.45) is 9.36. The van der Waals surface area contributed by atoms with Crippen molar-refractivity contribution >= 4 is 12.0 Å². The van der Waals surface area contributed by atoms with E-state index in [1.54, 1.807) is 0 Å². The molecular formula is C15H26N2O3. The lowest BCUT2D eigenvalue weighted by molar-refractivity contribution is -0.142. The Bertz CT molecular complexity index is 340. The lowest BCUT2D eigenvalue weighted by Gasteiger charge is -2.23. The third-order valence-electron chi connectivity index (χ3n) is 4.68. The van der Waals surface area contributed by atoms with Crippen molar-refractivity contribution in [3.63, 3.8) is 0 Å². The minimum absolute atomic E-state index is 0.199. The van der Waals surface area contributed by atoms with Gasteiger partial charge in [0.1, 0.15) is 0 Å². The lowest BCUT2D eigenvalue weighted by atomic mass is 9.95. The molecule has 3 N–H and O–H groups in total. The van der Waals surface area contributed by atoms with Gasteiger partial charge < -0.3 is 15.7 Å². The molecule has 2 aliphatic rings. The van der Waals surface area contributed by atoms with Crippen molar-refractivity contribution in [2.24, 2.45) is 11.8 Å². The number of nitrogens with one attached hydrogen (secondary N) is 2. The van der Waals surface area contributed by atoms with Crippen molar-refractivity contribution in [2.75, 3.05) is 6.54 Å². The van der Waals surface area contributed by atoms with E-state index in [2.05, 4.69) is 10.6 Å². The van der Waals surface area contributed by atoms with Crippen LogP contribution in [0.3, 0.4) is 0 Å². The molecule has 0 aliphatic heterocycles. The van der Waals surface area contributed by atoms with Crippen molar-refractivity contribution in [1.29, 1.82) is 0 Å². The van der Waals surface area contributed by atoms with Crippen LogP contribution in [0.4, 0.5) is 4.79 Å². The van der Waals surface area contributed by atoms with Crippen LogP contribution in [0, 0.1) is 11.8 Å². The van der Waals surface area contributed by atoms with Crippen molar-refractivity contribution in [3.8, 4) is 0 Å². The molecule has 0 bridgehead atoms. The standard InChI is InChI=1S/C15H26N2O3/c18-14(19)12-8-2-1-3-9-13(12)17-15(20)16-10-11-6-4-5-7-11/h11-13H,1-10H2,(H,18,19)(H2,16,17,20). The highest BCUT2D eigenvalue weighted by molar-refractivity contribution is 5.76. The zero-order valence-electron chi connectivity index (χ0n) is 12.1. The first-order valence-electron chi connectivity index (χ1n) is 7.94. The van der Waals surface area contributed by atoms with Gasteiger partial charge in [0.15, 0.2) is 0 Å². The molecule has 2 rings (SSSR count). The smallest absolute Gasteiger partial charge is 0.315 e. The Labute approximate surface area is 120 Å². The molecule has 2 fully saturated rings. The lowest BCUT2D eigenvalue weighted by Crippen LogP contribution is -2.48. The summed E-state index contributed by atoms with van der Waals surface area (Å²) in [5.41, 5.74) is 0. The third-order valence-corrected chi connectivity index (χ3v) is 4.68. The molecule has 0 spiro atoms. The molecule has 0 radical (unpaired) electrons. The van der Waals surface area contributed by atoms with Gasteiger partial charge in [-0.1, -0.05) is 32.1 Å². The van der Waals surface area contributed by atoms with Gasteiger partial charge in [-0.25, -0.2) is 4.79 Å². The molecule has 2 aliphatic carbocycles. The Morgan fingerprint density at radius 2 is 1.60 bits per heavy atom. The quantitative estimate of drug-likeness (QED) is 0.693. The zero-order valence-corrected chi connectivity index (χ0v) is 12.1.